The number of nitrogens with zero attached hydrogens (tertiary/aromatic N) is 4. The molecule has 0 atom stereocenters. The number of piperidine rings is 1. The maximum absolute atomic E-state index is 13.0. The van der Waals surface area contributed by atoms with Crippen LogP contribution in [-0.2, 0) is 4.79 Å². The first kappa shape index (κ1) is 24.5. The smallest absolute Gasteiger partial charge is 0.227 e. The second kappa shape index (κ2) is 10.5. The molecule has 8 heteroatoms. The van der Waals surface area contributed by atoms with Gasteiger partial charge in [-0.05, 0) is 86.0 Å². The van der Waals surface area contributed by atoms with Gasteiger partial charge in [0, 0.05) is 40.8 Å². The molecule has 1 amide bonds. The summed E-state index contributed by atoms with van der Waals surface area (Å²) >= 11 is 7.67. The Kier molecular flexibility index (Phi) is 6.79. The molecular weight excluding hydrogens is 514 g/mol. The van der Waals surface area contributed by atoms with Crippen molar-refractivity contribution in [3.8, 4) is 21.8 Å². The van der Waals surface area contributed by atoms with Crippen LogP contribution in [-0.4, -0.2) is 34.2 Å². The highest BCUT2D eigenvalue weighted by atomic mass is 35.5. The van der Waals surface area contributed by atoms with Crippen molar-refractivity contribution in [2.45, 2.75) is 19.8 Å². The summed E-state index contributed by atoms with van der Waals surface area (Å²) in [6, 6.07) is 25.8. The van der Waals surface area contributed by atoms with Gasteiger partial charge in [0.15, 0.2) is 5.82 Å². The molecule has 1 saturated heterocycles. The summed E-state index contributed by atoms with van der Waals surface area (Å²) in [7, 11) is 0. The first-order valence-corrected chi connectivity index (χ1v) is 13.8. The molecule has 190 valence electrons. The zero-order valence-corrected chi connectivity index (χ0v) is 22.5. The molecular formula is C30H26ClN5OS. The Morgan fingerprint density at radius 3 is 2.37 bits per heavy atom. The number of aromatic nitrogens is 3. The number of hydrogen-bond acceptors (Lipinski definition) is 6. The average molecular weight is 540 g/mol. The number of rotatable bonds is 5. The molecule has 0 aliphatic carbocycles. The van der Waals surface area contributed by atoms with E-state index in [2.05, 4.69) is 45.5 Å². The molecule has 2 aromatic heterocycles. The number of hydrogen-bond donors (Lipinski definition) is 1. The van der Waals surface area contributed by atoms with Crippen LogP contribution in [0.25, 0.3) is 32.0 Å². The minimum atomic E-state index is -0.0280. The van der Waals surface area contributed by atoms with Gasteiger partial charge in [-0.25, -0.2) is 4.98 Å². The van der Waals surface area contributed by atoms with Crippen LogP contribution in [0.5, 0.6) is 0 Å². The van der Waals surface area contributed by atoms with Crippen molar-refractivity contribution in [1.82, 2.24) is 15.2 Å². The Bertz CT molecular complexity index is 1570. The molecule has 1 aliphatic heterocycles. The lowest BCUT2D eigenvalue weighted by molar-refractivity contribution is -0.120. The minimum Gasteiger partial charge on any atom is -0.355 e. The monoisotopic (exact) mass is 539 g/mol. The van der Waals surface area contributed by atoms with Crippen LogP contribution >= 0.6 is 22.9 Å². The molecule has 0 unspecified atom stereocenters. The van der Waals surface area contributed by atoms with Crippen molar-refractivity contribution in [2.75, 3.05) is 23.3 Å². The molecule has 38 heavy (non-hydrogen) atoms. The number of fused-ring (bicyclic) bond motifs is 1. The number of amides is 1. The second-order valence-corrected chi connectivity index (χ2v) is 11.1. The van der Waals surface area contributed by atoms with Crippen molar-refractivity contribution >= 4 is 50.6 Å². The third kappa shape index (κ3) is 5.26. The van der Waals surface area contributed by atoms with Gasteiger partial charge in [0.05, 0.1) is 15.9 Å². The van der Waals surface area contributed by atoms with Gasteiger partial charge in [0.25, 0.3) is 0 Å². The fraction of sp³-hybridized carbons (Fsp3) is 0.200. The van der Waals surface area contributed by atoms with Crippen molar-refractivity contribution < 1.29 is 4.79 Å². The lowest BCUT2D eigenvalue weighted by atomic mass is 9.95. The highest BCUT2D eigenvalue weighted by molar-refractivity contribution is 7.21. The van der Waals surface area contributed by atoms with Crippen LogP contribution in [0.3, 0.4) is 0 Å². The van der Waals surface area contributed by atoms with Gasteiger partial charge in [-0.3, -0.25) is 4.79 Å². The van der Waals surface area contributed by atoms with Crippen LogP contribution in [0.4, 0.5) is 11.5 Å². The minimum absolute atomic E-state index is 0.0280. The van der Waals surface area contributed by atoms with Gasteiger partial charge in [0.1, 0.15) is 5.01 Å². The summed E-state index contributed by atoms with van der Waals surface area (Å²) in [6.07, 6.45) is 1.55. The standard InChI is InChI=1S/C30H26ClN5OS/c1-19-2-11-26-27(18-19)38-30(33-26)22-5-9-24(10-6-22)32-29(37)21-14-16-36(17-15-21)28-13-12-25(34-35-28)20-3-7-23(31)8-4-20/h2-13,18,21H,14-17H2,1H3,(H,32,37). The van der Waals surface area contributed by atoms with Crippen LogP contribution in [0, 0.1) is 12.8 Å². The van der Waals surface area contributed by atoms with Gasteiger partial charge in [-0.2, -0.15) is 0 Å². The van der Waals surface area contributed by atoms with Gasteiger partial charge in [-0.1, -0.05) is 29.8 Å². The number of halogens is 1. The van der Waals surface area contributed by atoms with Crippen molar-refractivity contribution in [2.24, 2.45) is 5.92 Å². The van der Waals surface area contributed by atoms with E-state index in [1.165, 1.54) is 10.3 Å². The summed E-state index contributed by atoms with van der Waals surface area (Å²) < 4.78 is 1.19. The van der Waals surface area contributed by atoms with E-state index >= 15 is 0 Å². The molecule has 6 nitrogen and oxygen atoms in total. The molecule has 1 N–H and O–H groups in total. The zero-order chi connectivity index (χ0) is 26.1. The number of carbonyl (C=O) groups excluding carboxylic acids is 1. The van der Waals surface area contributed by atoms with E-state index in [4.69, 9.17) is 16.6 Å². The van der Waals surface area contributed by atoms with E-state index < -0.39 is 0 Å². The van der Waals surface area contributed by atoms with Gasteiger partial charge in [0.2, 0.25) is 5.91 Å². The molecule has 5 aromatic rings. The van der Waals surface area contributed by atoms with Gasteiger partial charge < -0.3 is 10.2 Å². The summed E-state index contributed by atoms with van der Waals surface area (Å²) in [5, 5.41) is 13.6. The largest absolute Gasteiger partial charge is 0.355 e. The number of thiazole rings is 1. The van der Waals surface area contributed by atoms with Crippen molar-refractivity contribution in [3.63, 3.8) is 0 Å². The number of benzene rings is 3. The molecule has 0 saturated carbocycles. The van der Waals surface area contributed by atoms with E-state index in [0.29, 0.717) is 5.02 Å². The molecule has 0 radical (unpaired) electrons. The summed E-state index contributed by atoms with van der Waals surface area (Å²) in [6.45, 7) is 3.63. The Balaban J connectivity index is 1.04. The van der Waals surface area contributed by atoms with E-state index in [1.54, 1.807) is 11.3 Å². The number of anilines is 2. The summed E-state index contributed by atoms with van der Waals surface area (Å²) in [5.41, 5.74) is 5.90. The highest BCUT2D eigenvalue weighted by Gasteiger charge is 2.26. The third-order valence-corrected chi connectivity index (χ3v) is 8.24. The Morgan fingerprint density at radius 1 is 0.921 bits per heavy atom. The summed E-state index contributed by atoms with van der Waals surface area (Å²) in [4.78, 5) is 19.9. The van der Waals surface area contributed by atoms with Gasteiger partial charge >= 0.3 is 0 Å². The molecule has 1 fully saturated rings. The fourth-order valence-corrected chi connectivity index (χ4v) is 5.93. The Hall–Kier alpha value is -3.81. The van der Waals surface area contributed by atoms with E-state index in [0.717, 1.165) is 64.8 Å². The molecule has 1 aliphatic rings. The SMILES string of the molecule is Cc1ccc2nc(-c3ccc(NC(=O)C4CCN(c5ccc(-c6ccc(Cl)cc6)nn5)CC4)cc3)sc2c1. The second-order valence-electron chi connectivity index (χ2n) is 9.60. The molecule has 3 aromatic carbocycles. The quantitative estimate of drug-likeness (QED) is 0.255. The van der Waals surface area contributed by atoms with Crippen LogP contribution in [0.15, 0.2) is 78.9 Å². The predicted molar refractivity (Wildman–Crippen MR) is 156 cm³/mol. The maximum Gasteiger partial charge on any atom is 0.227 e. The predicted octanol–water partition coefficient (Wildman–Crippen LogP) is 7.24. The maximum atomic E-state index is 13.0. The summed E-state index contributed by atoms with van der Waals surface area (Å²) in [5.74, 6) is 0.874. The third-order valence-electron chi connectivity index (χ3n) is 6.92. The van der Waals surface area contributed by atoms with Gasteiger partial charge in [-0.15, -0.1) is 21.5 Å². The van der Waals surface area contributed by atoms with Crippen molar-refractivity contribution in [1.29, 1.82) is 0 Å². The van der Waals surface area contributed by atoms with E-state index in [1.807, 2.05) is 60.7 Å². The number of carbonyl (C=O) groups is 1. The molecule has 0 bridgehead atoms. The van der Waals surface area contributed by atoms with Crippen LogP contribution in [0.2, 0.25) is 5.02 Å². The number of aryl methyl sites for hydroxylation is 1. The first-order chi connectivity index (χ1) is 18.5. The lowest BCUT2D eigenvalue weighted by Crippen LogP contribution is -2.38. The van der Waals surface area contributed by atoms with Crippen molar-refractivity contribution in [3.05, 3.63) is 89.4 Å². The fourth-order valence-electron chi connectivity index (χ4n) is 4.74. The van der Waals surface area contributed by atoms with Crippen LogP contribution in [0.1, 0.15) is 18.4 Å². The first-order valence-electron chi connectivity index (χ1n) is 12.6. The zero-order valence-electron chi connectivity index (χ0n) is 20.9. The molecule has 3 heterocycles. The number of nitrogens with one attached hydrogen (secondary N) is 1. The highest BCUT2D eigenvalue weighted by Crippen LogP contribution is 2.32. The molecule has 0 spiro atoms. The van der Waals surface area contributed by atoms with E-state index in [-0.39, 0.29) is 11.8 Å². The topological polar surface area (TPSA) is 71.0 Å². The average Bonchev–Trinajstić information content (AvgIpc) is 3.37. The normalized spacial score (nSPS) is 14.1. The molecule has 6 rings (SSSR count). The van der Waals surface area contributed by atoms with Crippen LogP contribution < -0.4 is 10.2 Å². The Morgan fingerprint density at radius 2 is 1.66 bits per heavy atom. The Labute approximate surface area is 230 Å². The van der Waals surface area contributed by atoms with E-state index in [9.17, 15) is 4.79 Å². The lowest BCUT2D eigenvalue weighted by Gasteiger charge is -2.31.